The van der Waals surface area contributed by atoms with Gasteiger partial charge in [0.15, 0.2) is 10.9 Å². The first kappa shape index (κ1) is 19.1. The van der Waals surface area contributed by atoms with E-state index >= 15 is 0 Å². The molecule has 0 aliphatic carbocycles. The number of hydrogen-bond acceptors (Lipinski definition) is 6. The number of para-hydroxylation sites is 1. The van der Waals surface area contributed by atoms with Crippen molar-refractivity contribution in [1.29, 1.82) is 0 Å². The Hall–Kier alpha value is -2.27. The van der Waals surface area contributed by atoms with Gasteiger partial charge in [-0.05, 0) is 49.3 Å². The first-order valence-corrected chi connectivity index (χ1v) is 12.1. The molecule has 0 atom stereocenters. The zero-order valence-corrected chi connectivity index (χ0v) is 18.2. The van der Waals surface area contributed by atoms with E-state index in [1.54, 1.807) is 17.5 Å². The van der Waals surface area contributed by atoms with Crippen molar-refractivity contribution in [2.45, 2.75) is 6.92 Å². The van der Waals surface area contributed by atoms with Crippen LogP contribution in [0.15, 0.2) is 48.7 Å². The lowest BCUT2D eigenvalue weighted by atomic mass is 10.2. The lowest BCUT2D eigenvalue weighted by molar-refractivity contribution is 1.16. The van der Waals surface area contributed by atoms with Crippen LogP contribution in [0.4, 0.5) is 22.6 Å². The number of anilines is 4. The predicted molar refractivity (Wildman–Crippen MR) is 123 cm³/mol. The quantitative estimate of drug-likeness (QED) is 0.388. The zero-order valence-electron chi connectivity index (χ0n) is 15.7. The van der Waals surface area contributed by atoms with Crippen molar-refractivity contribution < 1.29 is 0 Å². The highest BCUT2D eigenvalue weighted by molar-refractivity contribution is 7.64. The summed E-state index contributed by atoms with van der Waals surface area (Å²) >= 11 is 7.91. The summed E-state index contributed by atoms with van der Waals surface area (Å²) in [5.74, 6) is 1.02. The molecule has 28 heavy (non-hydrogen) atoms. The Morgan fingerprint density at radius 1 is 1.04 bits per heavy atom. The van der Waals surface area contributed by atoms with Gasteiger partial charge in [0.2, 0.25) is 5.95 Å². The zero-order chi connectivity index (χ0) is 19.7. The first-order chi connectivity index (χ1) is 13.5. The van der Waals surface area contributed by atoms with Gasteiger partial charge in [0.05, 0.1) is 16.4 Å². The number of hydrogen-bond donors (Lipinski definition) is 2. The van der Waals surface area contributed by atoms with E-state index in [9.17, 15) is 0 Å². The lowest BCUT2D eigenvalue weighted by Crippen LogP contribution is -2.09. The van der Waals surface area contributed by atoms with Crippen molar-refractivity contribution in [3.05, 3.63) is 59.2 Å². The first-order valence-electron chi connectivity index (χ1n) is 8.70. The van der Waals surface area contributed by atoms with Crippen LogP contribution in [0.3, 0.4) is 0 Å². The minimum absolute atomic E-state index is 0.257. The van der Waals surface area contributed by atoms with Crippen LogP contribution in [0.1, 0.15) is 5.56 Å². The Morgan fingerprint density at radius 3 is 2.68 bits per heavy atom. The maximum absolute atomic E-state index is 6.34. The Morgan fingerprint density at radius 2 is 1.86 bits per heavy atom. The molecule has 0 saturated carbocycles. The molecule has 2 heterocycles. The van der Waals surface area contributed by atoms with Gasteiger partial charge in [0, 0.05) is 5.69 Å². The minimum atomic E-state index is -0.257. The van der Waals surface area contributed by atoms with Gasteiger partial charge < -0.3 is 5.32 Å². The van der Waals surface area contributed by atoms with Crippen molar-refractivity contribution in [2.75, 3.05) is 24.0 Å². The summed E-state index contributed by atoms with van der Waals surface area (Å²) in [7, 11) is -0.257. The molecule has 8 heteroatoms. The molecule has 0 unspecified atom stereocenters. The summed E-state index contributed by atoms with van der Waals surface area (Å²) in [6, 6.07) is 14.4. The summed E-state index contributed by atoms with van der Waals surface area (Å²) in [5.41, 5.74) is 3.18. The SMILES string of the molecule is Cc1ccc2nc(Nc3ncc(Cl)c(Nc4ccccc4P(C)C)n3)sc2c1. The van der Waals surface area contributed by atoms with Gasteiger partial charge in [-0.1, -0.05) is 55.1 Å². The van der Waals surface area contributed by atoms with Gasteiger partial charge in [-0.3, -0.25) is 5.32 Å². The molecule has 4 rings (SSSR count). The molecule has 0 aliphatic rings. The maximum Gasteiger partial charge on any atom is 0.231 e. The molecule has 4 aromatic rings. The van der Waals surface area contributed by atoms with Crippen LogP contribution < -0.4 is 15.9 Å². The number of aryl methyl sites for hydroxylation is 1. The topological polar surface area (TPSA) is 62.7 Å². The number of rotatable bonds is 5. The van der Waals surface area contributed by atoms with Crippen molar-refractivity contribution >= 4 is 69.0 Å². The molecule has 142 valence electrons. The number of nitrogens with one attached hydrogen (secondary N) is 2. The molecule has 5 nitrogen and oxygen atoms in total. The van der Waals surface area contributed by atoms with Crippen molar-refractivity contribution in [1.82, 2.24) is 15.0 Å². The van der Waals surface area contributed by atoms with Gasteiger partial charge in [-0.25, -0.2) is 9.97 Å². The summed E-state index contributed by atoms with van der Waals surface area (Å²) in [6.45, 7) is 6.52. The molecular weight excluding hydrogens is 409 g/mol. The minimum Gasteiger partial charge on any atom is -0.338 e. The molecule has 0 saturated heterocycles. The molecule has 2 N–H and O–H groups in total. The highest BCUT2D eigenvalue weighted by atomic mass is 35.5. The number of fused-ring (bicyclic) bond motifs is 1. The van der Waals surface area contributed by atoms with Crippen LogP contribution in [0.2, 0.25) is 5.02 Å². The van der Waals surface area contributed by atoms with E-state index in [1.807, 2.05) is 24.3 Å². The third kappa shape index (κ3) is 4.09. The van der Waals surface area contributed by atoms with E-state index in [0.29, 0.717) is 16.8 Å². The average molecular weight is 428 g/mol. The van der Waals surface area contributed by atoms with Gasteiger partial charge in [0.1, 0.15) is 5.02 Å². The van der Waals surface area contributed by atoms with E-state index in [4.69, 9.17) is 11.6 Å². The Balaban J connectivity index is 1.62. The third-order valence-electron chi connectivity index (χ3n) is 4.15. The van der Waals surface area contributed by atoms with E-state index in [-0.39, 0.29) is 7.92 Å². The second kappa shape index (κ2) is 8.00. The van der Waals surface area contributed by atoms with Crippen molar-refractivity contribution in [3.63, 3.8) is 0 Å². The number of aromatic nitrogens is 3. The second-order valence-electron chi connectivity index (χ2n) is 6.54. The van der Waals surface area contributed by atoms with Gasteiger partial charge in [-0.2, -0.15) is 4.98 Å². The number of thiazole rings is 1. The number of halogens is 1. The summed E-state index contributed by atoms with van der Waals surface area (Å²) in [6.07, 6.45) is 1.60. The van der Waals surface area contributed by atoms with E-state index < -0.39 is 0 Å². The molecule has 0 bridgehead atoms. The second-order valence-corrected chi connectivity index (χ2v) is 10.3. The van der Waals surface area contributed by atoms with Crippen molar-refractivity contribution in [2.24, 2.45) is 0 Å². The molecule has 0 aliphatic heterocycles. The van der Waals surface area contributed by atoms with Crippen LogP contribution in [-0.2, 0) is 0 Å². The molecule has 0 amide bonds. The predicted octanol–water partition coefficient (Wildman–Crippen LogP) is 5.90. The maximum atomic E-state index is 6.34. The Labute approximate surface area is 174 Å². The monoisotopic (exact) mass is 427 g/mol. The van der Waals surface area contributed by atoms with Crippen molar-refractivity contribution in [3.8, 4) is 0 Å². The fourth-order valence-electron chi connectivity index (χ4n) is 2.79. The van der Waals surface area contributed by atoms with Crippen LogP contribution in [0.5, 0.6) is 0 Å². The number of benzene rings is 2. The van der Waals surface area contributed by atoms with Gasteiger partial charge >= 0.3 is 0 Å². The highest BCUT2D eigenvalue weighted by Gasteiger charge is 2.12. The number of nitrogens with zero attached hydrogens (tertiary/aromatic N) is 3. The Bertz CT molecular complexity index is 1140. The summed E-state index contributed by atoms with van der Waals surface area (Å²) in [4.78, 5) is 13.5. The standard InChI is InChI=1S/C20H19ClN5PS/c1-12-8-9-15-17(10-12)28-20(24-15)26-19-22-11-13(21)18(25-19)23-14-6-4-5-7-16(14)27(2)3/h4-11H,1-3H3,(H2,22,23,24,25,26). The normalized spacial score (nSPS) is 11.2. The Kier molecular flexibility index (Phi) is 5.44. The van der Waals surface area contributed by atoms with Crippen LogP contribution in [0.25, 0.3) is 10.2 Å². The molecule has 0 fully saturated rings. The third-order valence-corrected chi connectivity index (χ3v) is 6.71. The van der Waals surface area contributed by atoms with E-state index in [0.717, 1.165) is 21.0 Å². The fourth-order valence-corrected chi connectivity index (χ4v) is 4.89. The molecule has 0 radical (unpaired) electrons. The van der Waals surface area contributed by atoms with Gasteiger partial charge in [-0.15, -0.1) is 0 Å². The molecular formula is C20H19ClN5PS. The average Bonchev–Trinajstić information content (AvgIpc) is 3.06. The largest absolute Gasteiger partial charge is 0.338 e. The van der Waals surface area contributed by atoms with Crippen LogP contribution in [-0.4, -0.2) is 28.3 Å². The summed E-state index contributed by atoms with van der Waals surface area (Å²) in [5, 5.41) is 9.04. The molecule has 2 aromatic heterocycles. The lowest BCUT2D eigenvalue weighted by Gasteiger charge is -2.15. The van der Waals surface area contributed by atoms with Crippen LogP contribution >= 0.6 is 30.9 Å². The smallest absolute Gasteiger partial charge is 0.231 e. The van der Waals surface area contributed by atoms with Crippen LogP contribution in [0, 0.1) is 6.92 Å². The molecule has 2 aromatic carbocycles. The fraction of sp³-hybridized carbons (Fsp3) is 0.150. The molecule has 0 spiro atoms. The summed E-state index contributed by atoms with van der Waals surface area (Å²) < 4.78 is 1.13. The van der Waals surface area contributed by atoms with E-state index in [1.165, 1.54) is 10.9 Å². The van der Waals surface area contributed by atoms with E-state index in [2.05, 4.69) is 64.0 Å². The van der Waals surface area contributed by atoms with Gasteiger partial charge in [0.25, 0.3) is 0 Å². The highest BCUT2D eigenvalue weighted by Crippen LogP contribution is 2.32.